The van der Waals surface area contributed by atoms with Gasteiger partial charge in [-0.15, -0.1) is 0 Å². The van der Waals surface area contributed by atoms with Crippen molar-refractivity contribution in [2.45, 2.75) is 47.1 Å². The molecule has 1 aromatic carbocycles. The third-order valence-electron chi connectivity index (χ3n) is 4.93. The molecular weight excluding hydrogens is 338 g/mol. The van der Waals surface area contributed by atoms with Crippen LogP contribution in [0.1, 0.15) is 45.6 Å². The van der Waals surface area contributed by atoms with E-state index in [0.29, 0.717) is 5.56 Å². The highest BCUT2D eigenvalue weighted by Gasteiger charge is 2.15. The highest BCUT2D eigenvalue weighted by Crippen LogP contribution is 2.15. The Morgan fingerprint density at radius 3 is 2.30 bits per heavy atom. The van der Waals surface area contributed by atoms with E-state index in [1.807, 2.05) is 74.4 Å². The summed E-state index contributed by atoms with van der Waals surface area (Å²) in [5.41, 5.74) is 7.00. The summed E-state index contributed by atoms with van der Waals surface area (Å²) in [5.74, 6) is -0.0679. The maximum absolute atomic E-state index is 12.6. The summed E-state index contributed by atoms with van der Waals surface area (Å²) in [6.07, 6.45) is 0.765. The lowest BCUT2D eigenvalue weighted by molar-refractivity contribution is 0.0940. The minimum Gasteiger partial charge on any atom is -0.349 e. The van der Waals surface area contributed by atoms with E-state index >= 15 is 0 Å². The Labute approximate surface area is 160 Å². The van der Waals surface area contributed by atoms with Gasteiger partial charge in [-0.1, -0.05) is 0 Å². The Balaban J connectivity index is 1.68. The number of rotatable bonds is 5. The van der Waals surface area contributed by atoms with Crippen LogP contribution in [-0.4, -0.2) is 31.5 Å². The summed E-state index contributed by atoms with van der Waals surface area (Å²) in [6.45, 7) is 10.1. The zero-order valence-corrected chi connectivity index (χ0v) is 16.9. The van der Waals surface area contributed by atoms with Gasteiger partial charge < -0.3 is 5.32 Å². The van der Waals surface area contributed by atoms with Crippen LogP contribution in [0, 0.1) is 27.7 Å². The zero-order chi connectivity index (χ0) is 19.7. The SMILES string of the molecule is Cc1cc(C)n(-c2ccc(C(=O)NC(C)Cc3c(C)nn(C)c3C)cc2)n1. The number of aryl methyl sites for hydroxylation is 4. The van der Waals surface area contributed by atoms with Crippen molar-refractivity contribution in [3.8, 4) is 5.69 Å². The summed E-state index contributed by atoms with van der Waals surface area (Å²) in [5, 5.41) is 12.0. The lowest BCUT2D eigenvalue weighted by Crippen LogP contribution is -2.34. The fourth-order valence-corrected chi connectivity index (χ4v) is 3.42. The maximum atomic E-state index is 12.6. The van der Waals surface area contributed by atoms with Gasteiger partial charge in [0.25, 0.3) is 5.91 Å². The summed E-state index contributed by atoms with van der Waals surface area (Å²) >= 11 is 0. The van der Waals surface area contributed by atoms with E-state index in [4.69, 9.17) is 0 Å². The normalized spacial score (nSPS) is 12.2. The molecule has 1 N–H and O–H groups in total. The number of carbonyl (C=O) groups is 1. The predicted octanol–water partition coefficient (Wildman–Crippen LogP) is 3.20. The highest BCUT2D eigenvalue weighted by molar-refractivity contribution is 5.94. The number of hydrogen-bond donors (Lipinski definition) is 1. The van der Waals surface area contributed by atoms with E-state index in [0.717, 1.165) is 34.9 Å². The van der Waals surface area contributed by atoms with Crippen molar-refractivity contribution in [2.24, 2.45) is 7.05 Å². The third-order valence-corrected chi connectivity index (χ3v) is 4.93. The highest BCUT2D eigenvalue weighted by atomic mass is 16.1. The van der Waals surface area contributed by atoms with Crippen molar-refractivity contribution >= 4 is 5.91 Å². The Morgan fingerprint density at radius 2 is 1.78 bits per heavy atom. The topological polar surface area (TPSA) is 64.7 Å². The zero-order valence-electron chi connectivity index (χ0n) is 16.9. The van der Waals surface area contributed by atoms with Crippen LogP contribution in [0.2, 0.25) is 0 Å². The van der Waals surface area contributed by atoms with Crippen LogP contribution < -0.4 is 5.32 Å². The van der Waals surface area contributed by atoms with Gasteiger partial charge in [-0.2, -0.15) is 10.2 Å². The molecule has 0 saturated heterocycles. The van der Waals surface area contributed by atoms with Gasteiger partial charge in [0.05, 0.1) is 17.1 Å². The second kappa shape index (κ2) is 7.39. The van der Waals surface area contributed by atoms with E-state index in [9.17, 15) is 4.79 Å². The van der Waals surface area contributed by atoms with E-state index < -0.39 is 0 Å². The van der Waals surface area contributed by atoms with Gasteiger partial charge in [0, 0.05) is 30.0 Å². The summed E-state index contributed by atoms with van der Waals surface area (Å²) < 4.78 is 3.77. The number of aromatic nitrogens is 4. The second-order valence-corrected chi connectivity index (χ2v) is 7.24. The molecule has 0 aliphatic carbocycles. The molecule has 0 spiro atoms. The molecule has 0 bridgehead atoms. The molecule has 142 valence electrons. The molecule has 3 aromatic rings. The Morgan fingerprint density at radius 1 is 1.11 bits per heavy atom. The number of amides is 1. The van der Waals surface area contributed by atoms with Gasteiger partial charge in [-0.3, -0.25) is 9.48 Å². The molecular formula is C21H27N5O. The van der Waals surface area contributed by atoms with Crippen molar-refractivity contribution in [1.82, 2.24) is 24.9 Å². The van der Waals surface area contributed by atoms with Crippen LogP contribution in [0.4, 0.5) is 0 Å². The largest absolute Gasteiger partial charge is 0.349 e. The maximum Gasteiger partial charge on any atom is 0.251 e. The molecule has 0 radical (unpaired) electrons. The quantitative estimate of drug-likeness (QED) is 0.755. The van der Waals surface area contributed by atoms with Crippen molar-refractivity contribution in [1.29, 1.82) is 0 Å². The molecule has 1 unspecified atom stereocenters. The Kier molecular flexibility index (Phi) is 5.17. The van der Waals surface area contributed by atoms with Crippen LogP contribution in [0.25, 0.3) is 5.69 Å². The molecule has 0 aliphatic heterocycles. The molecule has 2 aromatic heterocycles. The molecule has 0 saturated carbocycles. The van der Waals surface area contributed by atoms with E-state index in [2.05, 4.69) is 22.4 Å². The van der Waals surface area contributed by atoms with Crippen molar-refractivity contribution in [3.05, 3.63) is 64.2 Å². The van der Waals surface area contributed by atoms with Crippen LogP contribution in [0.5, 0.6) is 0 Å². The van der Waals surface area contributed by atoms with Gasteiger partial charge in [-0.05, 0) is 76.9 Å². The van der Waals surface area contributed by atoms with Crippen molar-refractivity contribution < 1.29 is 4.79 Å². The monoisotopic (exact) mass is 365 g/mol. The molecule has 2 heterocycles. The molecule has 6 heteroatoms. The lowest BCUT2D eigenvalue weighted by atomic mass is 10.0. The van der Waals surface area contributed by atoms with Crippen LogP contribution in [-0.2, 0) is 13.5 Å². The van der Waals surface area contributed by atoms with E-state index in [1.54, 1.807) is 0 Å². The van der Waals surface area contributed by atoms with Gasteiger partial charge in [0.15, 0.2) is 0 Å². The molecule has 6 nitrogen and oxygen atoms in total. The smallest absolute Gasteiger partial charge is 0.251 e. The summed E-state index contributed by atoms with van der Waals surface area (Å²) in [6, 6.07) is 9.59. The Bertz CT molecular complexity index is 965. The molecule has 27 heavy (non-hydrogen) atoms. The third kappa shape index (κ3) is 3.94. The average molecular weight is 365 g/mol. The predicted molar refractivity (Wildman–Crippen MR) is 106 cm³/mol. The fraction of sp³-hybridized carbons (Fsp3) is 0.381. The van der Waals surface area contributed by atoms with E-state index in [-0.39, 0.29) is 11.9 Å². The van der Waals surface area contributed by atoms with Crippen LogP contribution >= 0.6 is 0 Å². The summed E-state index contributed by atoms with van der Waals surface area (Å²) in [4.78, 5) is 12.6. The lowest BCUT2D eigenvalue weighted by Gasteiger charge is -2.15. The molecule has 3 rings (SSSR count). The number of nitrogens with one attached hydrogen (secondary N) is 1. The van der Waals surface area contributed by atoms with Gasteiger partial charge >= 0.3 is 0 Å². The van der Waals surface area contributed by atoms with Gasteiger partial charge in [0.1, 0.15) is 0 Å². The second-order valence-electron chi connectivity index (χ2n) is 7.24. The minimum absolute atomic E-state index is 0.0229. The molecule has 1 amide bonds. The van der Waals surface area contributed by atoms with Crippen LogP contribution in [0.3, 0.4) is 0 Å². The first-order valence-corrected chi connectivity index (χ1v) is 9.20. The molecule has 0 fully saturated rings. The summed E-state index contributed by atoms with van der Waals surface area (Å²) in [7, 11) is 1.94. The van der Waals surface area contributed by atoms with Gasteiger partial charge in [-0.25, -0.2) is 4.68 Å². The first-order chi connectivity index (χ1) is 12.8. The van der Waals surface area contributed by atoms with E-state index in [1.165, 1.54) is 5.56 Å². The first-order valence-electron chi connectivity index (χ1n) is 9.20. The molecule has 0 aliphatic rings. The molecule has 1 atom stereocenters. The fourth-order valence-electron chi connectivity index (χ4n) is 3.42. The number of carbonyl (C=O) groups excluding carboxylic acids is 1. The number of nitrogens with zero attached hydrogens (tertiary/aromatic N) is 4. The van der Waals surface area contributed by atoms with Crippen molar-refractivity contribution in [3.63, 3.8) is 0 Å². The number of benzene rings is 1. The average Bonchev–Trinajstić information content (AvgIpc) is 3.07. The number of hydrogen-bond acceptors (Lipinski definition) is 3. The Hall–Kier alpha value is -2.89. The minimum atomic E-state index is -0.0679. The van der Waals surface area contributed by atoms with Crippen molar-refractivity contribution in [2.75, 3.05) is 0 Å². The van der Waals surface area contributed by atoms with Gasteiger partial charge in [0.2, 0.25) is 0 Å². The first kappa shape index (κ1) is 18.9. The standard InChI is InChI=1S/C21H27N5O/c1-13(12-20-16(4)24-25(6)17(20)5)22-21(27)18-7-9-19(10-8-18)26-15(3)11-14(2)23-26/h7-11,13H,12H2,1-6H3,(H,22,27). The van der Waals surface area contributed by atoms with Crippen LogP contribution in [0.15, 0.2) is 30.3 Å².